The number of halogens is 2. The number of amides is 1. The molecular weight excluding hydrogens is 401 g/mol. The number of carbonyl (C=O) groups is 2. The molecule has 1 amide bonds. The lowest BCUT2D eigenvalue weighted by atomic mass is 10.1. The van der Waals surface area contributed by atoms with Crippen LogP contribution in [0.1, 0.15) is 23.1 Å². The van der Waals surface area contributed by atoms with Crippen LogP contribution in [0, 0.1) is 0 Å². The van der Waals surface area contributed by atoms with Crippen molar-refractivity contribution in [3.8, 4) is 5.75 Å². The predicted octanol–water partition coefficient (Wildman–Crippen LogP) is 4.36. The van der Waals surface area contributed by atoms with Crippen LogP contribution < -0.4 is 10.1 Å². The molecular formula is C20H17Cl2N3O3. The third-order valence-electron chi connectivity index (χ3n) is 4.01. The molecule has 0 bridgehead atoms. The van der Waals surface area contributed by atoms with E-state index in [-0.39, 0.29) is 11.7 Å². The molecule has 28 heavy (non-hydrogen) atoms. The van der Waals surface area contributed by atoms with E-state index in [9.17, 15) is 9.59 Å². The molecule has 0 spiro atoms. The smallest absolute Gasteiger partial charge is 0.265 e. The third-order valence-corrected chi connectivity index (χ3v) is 4.54. The quantitative estimate of drug-likeness (QED) is 0.604. The summed E-state index contributed by atoms with van der Waals surface area (Å²) in [6.07, 6.45) is 2.49. The second kappa shape index (κ2) is 8.46. The molecule has 0 fully saturated rings. The minimum Gasteiger partial charge on any atom is -0.479 e. The number of nitrogens with zero attached hydrogens (tertiary/aromatic N) is 2. The summed E-state index contributed by atoms with van der Waals surface area (Å²) in [5, 5.41) is 3.54. The summed E-state index contributed by atoms with van der Waals surface area (Å²) >= 11 is 11.9. The van der Waals surface area contributed by atoms with E-state index < -0.39 is 6.10 Å². The van der Waals surface area contributed by atoms with Crippen LogP contribution in [-0.2, 0) is 11.8 Å². The van der Waals surface area contributed by atoms with Crippen molar-refractivity contribution in [1.82, 2.24) is 9.55 Å². The summed E-state index contributed by atoms with van der Waals surface area (Å²) in [4.78, 5) is 28.8. The lowest BCUT2D eigenvalue weighted by Crippen LogP contribution is -2.30. The molecule has 0 radical (unpaired) electrons. The molecule has 0 aliphatic rings. The average Bonchev–Trinajstić information content (AvgIpc) is 3.10. The Bertz CT molecular complexity index is 1020. The Balaban J connectivity index is 1.64. The van der Waals surface area contributed by atoms with Crippen LogP contribution in [0.5, 0.6) is 5.75 Å². The van der Waals surface area contributed by atoms with Gasteiger partial charge < -0.3 is 14.6 Å². The van der Waals surface area contributed by atoms with Gasteiger partial charge in [0.25, 0.3) is 5.91 Å². The number of ketones is 1. The molecule has 0 aliphatic carbocycles. The molecule has 1 aromatic heterocycles. The van der Waals surface area contributed by atoms with Crippen molar-refractivity contribution in [2.24, 2.45) is 7.05 Å². The maximum Gasteiger partial charge on any atom is 0.265 e. The highest BCUT2D eigenvalue weighted by Gasteiger charge is 2.17. The van der Waals surface area contributed by atoms with Gasteiger partial charge >= 0.3 is 0 Å². The molecule has 0 saturated carbocycles. The molecule has 0 saturated heterocycles. The first-order valence-corrected chi connectivity index (χ1v) is 9.15. The van der Waals surface area contributed by atoms with Crippen molar-refractivity contribution in [3.05, 3.63) is 76.3 Å². The van der Waals surface area contributed by atoms with Gasteiger partial charge in [0.15, 0.2) is 11.9 Å². The van der Waals surface area contributed by atoms with Gasteiger partial charge in [-0.3, -0.25) is 9.59 Å². The van der Waals surface area contributed by atoms with Gasteiger partial charge in [-0.1, -0.05) is 23.2 Å². The van der Waals surface area contributed by atoms with Crippen LogP contribution in [0.4, 0.5) is 5.69 Å². The number of aryl methyl sites for hydroxylation is 1. The number of anilines is 1. The fourth-order valence-electron chi connectivity index (χ4n) is 2.48. The van der Waals surface area contributed by atoms with Gasteiger partial charge in [-0.05, 0) is 49.4 Å². The third kappa shape index (κ3) is 4.52. The predicted molar refractivity (Wildman–Crippen MR) is 108 cm³/mol. The molecule has 1 atom stereocenters. The average molecular weight is 418 g/mol. The number of rotatable bonds is 6. The summed E-state index contributed by atoms with van der Waals surface area (Å²) in [6, 6.07) is 11.3. The Morgan fingerprint density at radius 2 is 1.86 bits per heavy atom. The maximum atomic E-state index is 12.4. The zero-order valence-corrected chi connectivity index (χ0v) is 16.7. The zero-order chi connectivity index (χ0) is 20.3. The van der Waals surface area contributed by atoms with Gasteiger partial charge in [-0.25, -0.2) is 4.98 Å². The minimum atomic E-state index is -0.785. The number of hydrogen-bond acceptors (Lipinski definition) is 4. The van der Waals surface area contributed by atoms with Crippen molar-refractivity contribution in [3.63, 3.8) is 0 Å². The highest BCUT2D eigenvalue weighted by atomic mass is 35.5. The molecule has 144 valence electrons. The normalized spacial score (nSPS) is 11.7. The van der Waals surface area contributed by atoms with Gasteiger partial charge in [-0.15, -0.1) is 0 Å². The lowest BCUT2D eigenvalue weighted by molar-refractivity contribution is -0.122. The molecule has 1 heterocycles. The second-order valence-electron chi connectivity index (χ2n) is 6.09. The first kappa shape index (κ1) is 19.9. The largest absolute Gasteiger partial charge is 0.479 e. The van der Waals surface area contributed by atoms with E-state index >= 15 is 0 Å². The van der Waals surface area contributed by atoms with Crippen LogP contribution in [0.3, 0.4) is 0 Å². The fraction of sp³-hybridized carbons (Fsp3) is 0.150. The number of aromatic nitrogens is 2. The molecule has 3 aromatic rings. The number of imidazole rings is 1. The molecule has 2 aromatic carbocycles. The summed E-state index contributed by atoms with van der Waals surface area (Å²) in [5.74, 6) is 0.164. The molecule has 6 nitrogen and oxygen atoms in total. The Labute approximate surface area is 172 Å². The van der Waals surface area contributed by atoms with E-state index in [1.807, 2.05) is 0 Å². The van der Waals surface area contributed by atoms with E-state index in [2.05, 4.69) is 10.3 Å². The van der Waals surface area contributed by atoms with Crippen LogP contribution in [0.25, 0.3) is 0 Å². The maximum absolute atomic E-state index is 12.4. The van der Waals surface area contributed by atoms with E-state index in [1.54, 1.807) is 73.4 Å². The Morgan fingerprint density at radius 1 is 1.14 bits per heavy atom. The lowest BCUT2D eigenvalue weighted by Gasteiger charge is -2.16. The van der Waals surface area contributed by atoms with Gasteiger partial charge in [0.2, 0.25) is 5.78 Å². The zero-order valence-electron chi connectivity index (χ0n) is 15.1. The van der Waals surface area contributed by atoms with Gasteiger partial charge in [-0.2, -0.15) is 0 Å². The number of hydrogen-bond donors (Lipinski definition) is 1. The van der Waals surface area contributed by atoms with Crippen LogP contribution in [-0.4, -0.2) is 27.3 Å². The molecule has 1 unspecified atom stereocenters. The molecule has 8 heteroatoms. The summed E-state index contributed by atoms with van der Waals surface area (Å²) in [7, 11) is 1.75. The minimum absolute atomic E-state index is 0.195. The molecule has 3 rings (SSSR count). The Hall–Kier alpha value is -2.83. The van der Waals surface area contributed by atoms with Crippen molar-refractivity contribution >= 4 is 40.6 Å². The molecule has 1 N–H and O–H groups in total. The van der Waals surface area contributed by atoms with E-state index in [1.165, 1.54) is 0 Å². The van der Waals surface area contributed by atoms with Crippen LogP contribution >= 0.6 is 23.2 Å². The SMILES string of the molecule is CC(Oc1ccc(Cl)cc1Cl)C(=O)Nc1ccc(C(=O)c2nccn2C)cc1. The van der Waals surface area contributed by atoms with Crippen molar-refractivity contribution in [1.29, 1.82) is 0 Å². The summed E-state index contributed by atoms with van der Waals surface area (Å²) in [5.41, 5.74) is 1.02. The standard InChI is InChI=1S/C20H17Cl2N3O3/c1-12(28-17-8-5-14(21)11-16(17)22)20(27)24-15-6-3-13(4-7-15)18(26)19-23-9-10-25(19)2/h3-12H,1-2H3,(H,24,27). The number of carbonyl (C=O) groups excluding carboxylic acids is 2. The summed E-state index contributed by atoms with van der Waals surface area (Å²) in [6.45, 7) is 1.61. The second-order valence-corrected chi connectivity index (χ2v) is 6.94. The number of ether oxygens (including phenoxy) is 1. The number of nitrogens with one attached hydrogen (secondary N) is 1. The van der Waals surface area contributed by atoms with Crippen LogP contribution in [0.2, 0.25) is 10.0 Å². The van der Waals surface area contributed by atoms with E-state index in [0.717, 1.165) is 0 Å². The Kier molecular flexibility index (Phi) is 6.02. The first-order chi connectivity index (χ1) is 13.3. The van der Waals surface area contributed by atoms with Crippen molar-refractivity contribution in [2.45, 2.75) is 13.0 Å². The topological polar surface area (TPSA) is 73.2 Å². The molecule has 0 aliphatic heterocycles. The van der Waals surface area contributed by atoms with Crippen molar-refractivity contribution < 1.29 is 14.3 Å². The van der Waals surface area contributed by atoms with Crippen molar-refractivity contribution in [2.75, 3.05) is 5.32 Å². The highest BCUT2D eigenvalue weighted by molar-refractivity contribution is 6.35. The monoisotopic (exact) mass is 417 g/mol. The van der Waals surface area contributed by atoms with Crippen LogP contribution in [0.15, 0.2) is 54.9 Å². The van der Waals surface area contributed by atoms with E-state index in [4.69, 9.17) is 27.9 Å². The van der Waals surface area contributed by atoms with Gasteiger partial charge in [0.1, 0.15) is 5.75 Å². The van der Waals surface area contributed by atoms with Gasteiger partial charge in [0, 0.05) is 35.7 Å². The Morgan fingerprint density at radius 3 is 2.46 bits per heavy atom. The summed E-state index contributed by atoms with van der Waals surface area (Å²) < 4.78 is 7.24. The number of benzene rings is 2. The highest BCUT2D eigenvalue weighted by Crippen LogP contribution is 2.28. The van der Waals surface area contributed by atoms with Gasteiger partial charge in [0.05, 0.1) is 5.02 Å². The van der Waals surface area contributed by atoms with E-state index in [0.29, 0.717) is 32.9 Å². The fourth-order valence-corrected chi connectivity index (χ4v) is 2.93. The first-order valence-electron chi connectivity index (χ1n) is 8.40.